The summed E-state index contributed by atoms with van der Waals surface area (Å²) < 4.78 is 19.0. The Balaban J connectivity index is 1.69. The van der Waals surface area contributed by atoms with Gasteiger partial charge in [0.1, 0.15) is 11.6 Å². The number of halogens is 1. The fraction of sp³-hybridized carbons (Fsp3) is 0.238. The van der Waals surface area contributed by atoms with Gasteiger partial charge in [0.25, 0.3) is 0 Å². The molecule has 30 heavy (non-hydrogen) atoms. The molecule has 0 atom stereocenters. The molecule has 0 saturated carbocycles. The van der Waals surface area contributed by atoms with E-state index in [4.69, 9.17) is 4.74 Å². The molecule has 1 aliphatic heterocycles. The van der Waals surface area contributed by atoms with Crippen LogP contribution < -0.4 is 15.0 Å². The molecule has 3 aromatic rings. The molecule has 1 N–H and O–H groups in total. The zero-order valence-corrected chi connectivity index (χ0v) is 16.7. The van der Waals surface area contributed by atoms with Crippen LogP contribution in [0.5, 0.6) is 5.75 Å². The third kappa shape index (κ3) is 3.38. The maximum atomic E-state index is 13.9. The molecule has 0 unspecified atom stereocenters. The smallest absolute Gasteiger partial charge is 0.307 e. The molecule has 154 valence electrons. The van der Waals surface area contributed by atoms with Gasteiger partial charge in [-0.3, -0.25) is 10.1 Å². The van der Waals surface area contributed by atoms with Crippen molar-refractivity contribution in [1.82, 2.24) is 9.97 Å². The molecule has 0 radical (unpaired) electrons. The van der Waals surface area contributed by atoms with Crippen LogP contribution in [-0.2, 0) is 5.41 Å². The lowest BCUT2D eigenvalue weighted by molar-refractivity contribution is -0.387. The van der Waals surface area contributed by atoms with Crippen LogP contribution in [0.15, 0.2) is 48.7 Å². The summed E-state index contributed by atoms with van der Waals surface area (Å²) in [7, 11) is 1.35. The van der Waals surface area contributed by atoms with Crippen molar-refractivity contribution in [2.45, 2.75) is 19.3 Å². The first-order valence-electron chi connectivity index (χ1n) is 9.29. The van der Waals surface area contributed by atoms with E-state index in [1.807, 2.05) is 18.2 Å². The number of hydrogen-bond acceptors (Lipinski definition) is 7. The minimum absolute atomic E-state index is 0.0457. The lowest BCUT2D eigenvalue weighted by Crippen LogP contribution is -2.25. The highest BCUT2D eigenvalue weighted by atomic mass is 19.1. The van der Waals surface area contributed by atoms with Gasteiger partial charge in [-0.2, -0.15) is 9.37 Å². The summed E-state index contributed by atoms with van der Waals surface area (Å²) in [6.07, 6.45) is 1.60. The Morgan fingerprint density at radius 3 is 2.77 bits per heavy atom. The number of rotatable bonds is 5. The second kappa shape index (κ2) is 7.25. The number of nitrogens with zero attached hydrogens (tertiary/aromatic N) is 4. The van der Waals surface area contributed by atoms with E-state index in [0.717, 1.165) is 24.4 Å². The van der Waals surface area contributed by atoms with E-state index in [9.17, 15) is 14.5 Å². The number of hydrogen-bond donors (Lipinski definition) is 1. The van der Waals surface area contributed by atoms with Gasteiger partial charge in [0.15, 0.2) is 0 Å². The Morgan fingerprint density at radius 1 is 1.27 bits per heavy atom. The maximum absolute atomic E-state index is 13.9. The van der Waals surface area contributed by atoms with Crippen LogP contribution in [0.3, 0.4) is 0 Å². The number of nitrogens with one attached hydrogen (secondary N) is 1. The number of aromatic nitrogens is 2. The molecule has 9 heteroatoms. The SMILES string of the molecule is COc1cc(F)c([N+](=O)[O-])cc1Nc1nccc(N2CC(C)(C)c3ccccc32)n1. The van der Waals surface area contributed by atoms with Gasteiger partial charge in [-0.1, -0.05) is 32.0 Å². The molecular weight excluding hydrogens is 389 g/mol. The van der Waals surface area contributed by atoms with E-state index in [1.54, 1.807) is 12.3 Å². The van der Waals surface area contributed by atoms with Crippen molar-refractivity contribution in [2.24, 2.45) is 0 Å². The standard InChI is InChI=1S/C21H20FN5O3/c1-21(2)12-26(16-7-5-4-6-13(16)21)19-8-9-23-20(25-19)24-15-11-17(27(28)29)14(22)10-18(15)30-3/h4-11H,12H2,1-3H3,(H,23,24,25). The third-order valence-electron chi connectivity index (χ3n) is 5.11. The number of nitro benzene ring substituents is 1. The summed E-state index contributed by atoms with van der Waals surface area (Å²) in [5, 5.41) is 14.0. The molecular formula is C21H20FN5O3. The van der Waals surface area contributed by atoms with Crippen molar-refractivity contribution >= 4 is 28.8 Å². The molecule has 0 saturated heterocycles. The first kappa shape index (κ1) is 19.6. The molecule has 2 aromatic carbocycles. The summed E-state index contributed by atoms with van der Waals surface area (Å²) in [4.78, 5) is 21.2. The van der Waals surface area contributed by atoms with E-state index < -0.39 is 16.4 Å². The van der Waals surface area contributed by atoms with E-state index in [2.05, 4.69) is 40.1 Å². The largest absolute Gasteiger partial charge is 0.494 e. The van der Waals surface area contributed by atoms with Crippen LogP contribution >= 0.6 is 0 Å². The van der Waals surface area contributed by atoms with E-state index in [1.165, 1.54) is 12.7 Å². The summed E-state index contributed by atoms with van der Waals surface area (Å²) in [5.41, 5.74) is 1.79. The summed E-state index contributed by atoms with van der Waals surface area (Å²) >= 11 is 0. The maximum Gasteiger partial charge on any atom is 0.307 e. The van der Waals surface area contributed by atoms with Crippen LogP contribution in [0.4, 0.5) is 33.2 Å². The Morgan fingerprint density at radius 2 is 2.03 bits per heavy atom. The monoisotopic (exact) mass is 409 g/mol. The second-order valence-electron chi connectivity index (χ2n) is 7.61. The highest BCUT2D eigenvalue weighted by Crippen LogP contribution is 2.43. The predicted molar refractivity (Wildman–Crippen MR) is 111 cm³/mol. The average molecular weight is 409 g/mol. The number of benzene rings is 2. The number of fused-ring (bicyclic) bond motifs is 1. The molecule has 0 bridgehead atoms. The van der Waals surface area contributed by atoms with Gasteiger partial charge in [0.2, 0.25) is 11.8 Å². The van der Waals surface area contributed by atoms with Crippen molar-refractivity contribution in [3.63, 3.8) is 0 Å². The minimum Gasteiger partial charge on any atom is -0.494 e. The number of nitro groups is 1. The minimum atomic E-state index is -0.979. The first-order valence-corrected chi connectivity index (χ1v) is 9.29. The number of anilines is 4. The highest BCUT2D eigenvalue weighted by Gasteiger charge is 2.36. The molecule has 0 amide bonds. The van der Waals surface area contributed by atoms with Crippen molar-refractivity contribution in [1.29, 1.82) is 0 Å². The number of methoxy groups -OCH3 is 1. The van der Waals surface area contributed by atoms with Crippen molar-refractivity contribution < 1.29 is 14.1 Å². The fourth-order valence-corrected chi connectivity index (χ4v) is 3.68. The molecule has 1 aromatic heterocycles. The third-order valence-corrected chi connectivity index (χ3v) is 5.11. The lowest BCUT2D eigenvalue weighted by atomic mass is 9.87. The van der Waals surface area contributed by atoms with Gasteiger partial charge in [-0.25, -0.2) is 4.98 Å². The topological polar surface area (TPSA) is 93.4 Å². The Bertz CT molecular complexity index is 1140. The Hall–Kier alpha value is -3.75. The fourth-order valence-electron chi connectivity index (χ4n) is 3.68. The molecule has 4 rings (SSSR count). The van der Waals surface area contributed by atoms with Gasteiger partial charge in [0.05, 0.1) is 17.7 Å². The van der Waals surface area contributed by atoms with Gasteiger partial charge in [0, 0.05) is 36.0 Å². The lowest BCUT2D eigenvalue weighted by Gasteiger charge is -2.22. The van der Waals surface area contributed by atoms with E-state index in [0.29, 0.717) is 5.82 Å². The second-order valence-corrected chi connectivity index (χ2v) is 7.61. The number of para-hydroxylation sites is 1. The van der Waals surface area contributed by atoms with Gasteiger partial charge in [-0.05, 0) is 17.7 Å². The van der Waals surface area contributed by atoms with Gasteiger partial charge in [-0.15, -0.1) is 0 Å². The van der Waals surface area contributed by atoms with Crippen molar-refractivity contribution in [2.75, 3.05) is 23.9 Å². The summed E-state index contributed by atoms with van der Waals surface area (Å²) in [6.45, 7) is 5.09. The summed E-state index contributed by atoms with van der Waals surface area (Å²) in [5.74, 6) is 0.0303. The molecule has 8 nitrogen and oxygen atoms in total. The molecule has 0 fully saturated rings. The van der Waals surface area contributed by atoms with E-state index >= 15 is 0 Å². The van der Waals surface area contributed by atoms with Gasteiger partial charge >= 0.3 is 5.69 Å². The zero-order valence-electron chi connectivity index (χ0n) is 16.7. The predicted octanol–water partition coefficient (Wildman–Crippen LogP) is 4.71. The van der Waals surface area contributed by atoms with Crippen LogP contribution in [0.1, 0.15) is 19.4 Å². The van der Waals surface area contributed by atoms with Crippen LogP contribution in [0.2, 0.25) is 0 Å². The molecule has 0 spiro atoms. The summed E-state index contributed by atoms with van der Waals surface area (Å²) in [6, 6.07) is 12.0. The van der Waals surface area contributed by atoms with Crippen LogP contribution in [0.25, 0.3) is 0 Å². The average Bonchev–Trinajstić information content (AvgIpc) is 3.00. The molecule has 2 heterocycles. The molecule has 0 aliphatic carbocycles. The first-order chi connectivity index (χ1) is 14.3. The quantitative estimate of drug-likeness (QED) is 0.482. The Labute approximate surface area is 172 Å². The number of ether oxygens (including phenoxy) is 1. The van der Waals surface area contributed by atoms with Gasteiger partial charge < -0.3 is 15.0 Å². The Kier molecular flexibility index (Phi) is 4.73. The molecule has 1 aliphatic rings. The van der Waals surface area contributed by atoms with Crippen molar-refractivity contribution in [3.8, 4) is 5.75 Å². The highest BCUT2D eigenvalue weighted by molar-refractivity contribution is 5.72. The van der Waals surface area contributed by atoms with Crippen molar-refractivity contribution in [3.05, 3.63) is 70.2 Å². The normalized spacial score (nSPS) is 14.3. The van der Waals surface area contributed by atoms with E-state index in [-0.39, 0.29) is 22.8 Å². The zero-order chi connectivity index (χ0) is 21.5. The van der Waals surface area contributed by atoms with Crippen LogP contribution in [-0.4, -0.2) is 28.5 Å². The van der Waals surface area contributed by atoms with Crippen LogP contribution in [0, 0.1) is 15.9 Å².